The summed E-state index contributed by atoms with van der Waals surface area (Å²) < 4.78 is 36.8. The molecule has 0 aromatic heterocycles. The van der Waals surface area contributed by atoms with Gasteiger partial charge in [-0.25, -0.2) is 8.42 Å². The second-order valence-electron chi connectivity index (χ2n) is 6.10. The van der Waals surface area contributed by atoms with E-state index < -0.39 is 33.5 Å². The van der Waals surface area contributed by atoms with Crippen LogP contribution < -0.4 is 9.47 Å². The first-order chi connectivity index (χ1) is 14.4. The van der Waals surface area contributed by atoms with Crippen molar-refractivity contribution >= 4 is 33.5 Å². The van der Waals surface area contributed by atoms with Crippen LogP contribution in [0.3, 0.4) is 0 Å². The Bertz CT molecular complexity index is 1040. The molecule has 8 heteroatoms. The van der Waals surface area contributed by atoms with Crippen molar-refractivity contribution < 1.29 is 27.5 Å². The minimum absolute atomic E-state index is 0.0140. The second kappa shape index (κ2) is 9.60. The topological polar surface area (TPSA) is 86.7 Å². The zero-order valence-electron chi connectivity index (χ0n) is 16.2. The minimum Gasteiger partial charge on any atom is -0.425 e. The Morgan fingerprint density at radius 2 is 0.967 bits per heavy atom. The average Bonchev–Trinajstić information content (AvgIpc) is 2.74. The van der Waals surface area contributed by atoms with Crippen molar-refractivity contribution in [2.75, 3.05) is 0 Å². The third-order valence-electron chi connectivity index (χ3n) is 3.83. The smallest absolute Gasteiger partial charge is 0.308 e. The average molecular weight is 443 g/mol. The highest BCUT2D eigenvalue weighted by atomic mass is 32.2. The molecule has 0 N–H and O–H groups in total. The quantitative estimate of drug-likeness (QED) is 0.425. The van der Waals surface area contributed by atoms with Crippen molar-refractivity contribution in [2.24, 2.45) is 0 Å². The summed E-state index contributed by atoms with van der Waals surface area (Å²) in [4.78, 5) is 24.5. The molecule has 2 unspecified atom stereocenters. The SMILES string of the molecule is CC(=O)Oc1cc(S(=O)c2ccccc2)c(OC(C)=O)cc1S(=O)c1ccccc1. The molecule has 3 aromatic rings. The lowest BCUT2D eigenvalue weighted by atomic mass is 10.3. The molecule has 30 heavy (non-hydrogen) atoms. The third-order valence-corrected chi connectivity index (χ3v) is 6.67. The molecule has 0 aliphatic rings. The summed E-state index contributed by atoms with van der Waals surface area (Å²) in [6.07, 6.45) is 0. The molecule has 0 aliphatic heterocycles. The van der Waals surface area contributed by atoms with Gasteiger partial charge in [-0.05, 0) is 24.3 Å². The summed E-state index contributed by atoms with van der Waals surface area (Å²) in [5, 5.41) is 0. The monoisotopic (exact) mass is 442 g/mol. The summed E-state index contributed by atoms with van der Waals surface area (Å²) in [7, 11) is -3.47. The van der Waals surface area contributed by atoms with Crippen LogP contribution in [-0.4, -0.2) is 20.4 Å². The molecule has 3 rings (SSSR count). The van der Waals surface area contributed by atoms with Gasteiger partial charge in [-0.2, -0.15) is 0 Å². The van der Waals surface area contributed by atoms with Crippen LogP contribution in [0.2, 0.25) is 0 Å². The Kier molecular flexibility index (Phi) is 6.91. The molecule has 0 aliphatic carbocycles. The van der Waals surface area contributed by atoms with Crippen LogP contribution in [0.4, 0.5) is 0 Å². The van der Waals surface area contributed by atoms with Crippen molar-refractivity contribution in [3.8, 4) is 11.5 Å². The summed E-state index contributed by atoms with van der Waals surface area (Å²) in [5.41, 5.74) is 0. The van der Waals surface area contributed by atoms with E-state index in [2.05, 4.69) is 0 Å². The van der Waals surface area contributed by atoms with E-state index in [0.717, 1.165) is 0 Å². The number of esters is 2. The van der Waals surface area contributed by atoms with E-state index in [0.29, 0.717) is 9.79 Å². The molecular formula is C22H18O6S2. The molecule has 0 saturated carbocycles. The van der Waals surface area contributed by atoms with Gasteiger partial charge in [0.1, 0.15) is 11.5 Å². The van der Waals surface area contributed by atoms with Crippen molar-refractivity contribution in [3.63, 3.8) is 0 Å². The Morgan fingerprint density at radius 1 is 0.633 bits per heavy atom. The molecular weight excluding hydrogens is 424 g/mol. The van der Waals surface area contributed by atoms with Gasteiger partial charge in [-0.3, -0.25) is 9.59 Å². The number of carbonyl (C=O) groups is 2. The molecule has 0 heterocycles. The fourth-order valence-electron chi connectivity index (χ4n) is 2.62. The van der Waals surface area contributed by atoms with Gasteiger partial charge >= 0.3 is 11.9 Å². The highest BCUT2D eigenvalue weighted by molar-refractivity contribution is 7.85. The van der Waals surface area contributed by atoms with Gasteiger partial charge in [-0.15, -0.1) is 0 Å². The normalized spacial score (nSPS) is 12.6. The van der Waals surface area contributed by atoms with E-state index in [1.807, 2.05) is 0 Å². The van der Waals surface area contributed by atoms with Gasteiger partial charge in [0.05, 0.1) is 31.4 Å². The molecule has 2 atom stereocenters. The van der Waals surface area contributed by atoms with Gasteiger partial charge in [0.15, 0.2) is 0 Å². The fourth-order valence-corrected chi connectivity index (χ4v) is 4.94. The molecule has 6 nitrogen and oxygen atoms in total. The van der Waals surface area contributed by atoms with Crippen molar-refractivity contribution in [1.29, 1.82) is 0 Å². The van der Waals surface area contributed by atoms with Gasteiger partial charge in [0, 0.05) is 35.8 Å². The maximum Gasteiger partial charge on any atom is 0.308 e. The predicted octanol–water partition coefficient (Wildman–Crippen LogP) is 3.87. The van der Waals surface area contributed by atoms with Crippen molar-refractivity contribution in [2.45, 2.75) is 33.4 Å². The molecule has 0 amide bonds. The number of hydrogen-bond donors (Lipinski definition) is 0. The Balaban J connectivity index is 2.20. The van der Waals surface area contributed by atoms with Crippen LogP contribution in [0.1, 0.15) is 13.8 Å². The van der Waals surface area contributed by atoms with Crippen LogP contribution in [-0.2, 0) is 31.2 Å². The largest absolute Gasteiger partial charge is 0.425 e. The zero-order chi connectivity index (χ0) is 21.7. The molecule has 0 fully saturated rings. The third kappa shape index (κ3) is 5.08. The number of rotatable bonds is 6. The molecule has 0 saturated heterocycles. The Hall–Kier alpha value is -3.10. The fraction of sp³-hybridized carbons (Fsp3) is 0.0909. The molecule has 0 spiro atoms. The zero-order valence-corrected chi connectivity index (χ0v) is 17.8. The minimum atomic E-state index is -1.73. The first-order valence-corrected chi connectivity index (χ1v) is 11.2. The summed E-state index contributed by atoms with van der Waals surface area (Å²) in [6.45, 7) is 2.42. The molecule has 3 aromatic carbocycles. The number of ether oxygens (including phenoxy) is 2. The lowest BCUT2D eigenvalue weighted by molar-refractivity contribution is -0.133. The maximum absolute atomic E-state index is 13.1. The van der Waals surface area contributed by atoms with E-state index in [1.165, 1.54) is 26.0 Å². The van der Waals surface area contributed by atoms with E-state index in [-0.39, 0.29) is 21.3 Å². The summed E-state index contributed by atoms with van der Waals surface area (Å²) in [6, 6.07) is 19.8. The van der Waals surface area contributed by atoms with Crippen molar-refractivity contribution in [3.05, 3.63) is 72.8 Å². The standard InChI is InChI=1S/C22H18O6S2/c1-15(23)27-19-13-22(30(26)18-11-7-4-8-12-18)20(28-16(2)24)14-21(19)29(25)17-9-5-3-6-10-17/h3-14H,1-2H3. The molecule has 0 radical (unpaired) electrons. The van der Waals surface area contributed by atoms with Crippen LogP contribution >= 0.6 is 0 Å². The highest BCUT2D eigenvalue weighted by Gasteiger charge is 2.23. The molecule has 154 valence electrons. The summed E-state index contributed by atoms with van der Waals surface area (Å²) >= 11 is 0. The van der Waals surface area contributed by atoms with Crippen molar-refractivity contribution in [1.82, 2.24) is 0 Å². The Morgan fingerprint density at radius 3 is 1.27 bits per heavy atom. The maximum atomic E-state index is 13.1. The number of carbonyl (C=O) groups excluding carboxylic acids is 2. The second-order valence-corrected chi connectivity index (χ2v) is 8.99. The molecule has 0 bridgehead atoms. The van der Waals surface area contributed by atoms with E-state index >= 15 is 0 Å². The first kappa shape index (κ1) is 21.6. The lowest BCUT2D eigenvalue weighted by Crippen LogP contribution is -2.10. The van der Waals surface area contributed by atoms with Crippen LogP contribution in [0.5, 0.6) is 11.5 Å². The van der Waals surface area contributed by atoms with Gasteiger partial charge in [-0.1, -0.05) is 36.4 Å². The lowest BCUT2D eigenvalue weighted by Gasteiger charge is -2.15. The van der Waals surface area contributed by atoms with Gasteiger partial charge in [0.2, 0.25) is 0 Å². The van der Waals surface area contributed by atoms with E-state index in [9.17, 15) is 18.0 Å². The Labute approximate surface area is 178 Å². The van der Waals surface area contributed by atoms with Crippen LogP contribution in [0.15, 0.2) is 92.4 Å². The number of benzene rings is 3. The van der Waals surface area contributed by atoms with E-state index in [1.54, 1.807) is 60.7 Å². The van der Waals surface area contributed by atoms with Crippen LogP contribution in [0, 0.1) is 0 Å². The van der Waals surface area contributed by atoms with Crippen LogP contribution in [0.25, 0.3) is 0 Å². The highest BCUT2D eigenvalue weighted by Crippen LogP contribution is 2.37. The van der Waals surface area contributed by atoms with Gasteiger partial charge < -0.3 is 9.47 Å². The first-order valence-electron chi connectivity index (χ1n) is 8.85. The van der Waals surface area contributed by atoms with E-state index in [4.69, 9.17) is 9.47 Å². The number of hydrogen-bond acceptors (Lipinski definition) is 6. The summed E-state index contributed by atoms with van der Waals surface area (Å²) in [5.74, 6) is -1.28. The predicted molar refractivity (Wildman–Crippen MR) is 111 cm³/mol. The van der Waals surface area contributed by atoms with Gasteiger partial charge in [0.25, 0.3) is 0 Å².